The van der Waals surface area contributed by atoms with Crippen molar-refractivity contribution in [1.29, 1.82) is 0 Å². The van der Waals surface area contributed by atoms with Crippen molar-refractivity contribution in [2.75, 3.05) is 6.61 Å². The van der Waals surface area contributed by atoms with Gasteiger partial charge in [-0.1, -0.05) is 20.8 Å². The molecule has 0 spiro atoms. The highest BCUT2D eigenvalue weighted by molar-refractivity contribution is 6.38. The van der Waals surface area contributed by atoms with Gasteiger partial charge >= 0.3 is 0 Å². The lowest BCUT2D eigenvalue weighted by atomic mass is 9.87. The molecule has 3 nitrogen and oxygen atoms in total. The van der Waals surface area contributed by atoms with Crippen molar-refractivity contribution < 1.29 is 14.7 Å². The Morgan fingerprint density at radius 1 is 1.25 bits per heavy atom. The van der Waals surface area contributed by atoms with Crippen molar-refractivity contribution >= 4 is 11.6 Å². The lowest BCUT2D eigenvalue weighted by Gasteiger charge is -2.14. The molecule has 0 aromatic carbocycles. The minimum absolute atomic E-state index is 0.0385. The van der Waals surface area contributed by atoms with Crippen LogP contribution in [0.5, 0.6) is 0 Å². The molecule has 0 rings (SSSR count). The van der Waals surface area contributed by atoms with Crippen molar-refractivity contribution in [2.24, 2.45) is 5.41 Å². The van der Waals surface area contributed by atoms with Crippen molar-refractivity contribution in [2.45, 2.75) is 33.6 Å². The molecule has 0 amide bonds. The molecule has 0 fully saturated rings. The Morgan fingerprint density at radius 2 is 1.75 bits per heavy atom. The van der Waals surface area contributed by atoms with Gasteiger partial charge in [0.15, 0.2) is 5.78 Å². The molecule has 0 bridgehead atoms. The van der Waals surface area contributed by atoms with Crippen LogP contribution in [0, 0.1) is 5.41 Å². The lowest BCUT2D eigenvalue weighted by molar-refractivity contribution is -0.141. The van der Waals surface area contributed by atoms with Gasteiger partial charge < -0.3 is 5.11 Å². The summed E-state index contributed by atoms with van der Waals surface area (Å²) in [5.41, 5.74) is -0.591. The Hall–Kier alpha value is -0.700. The van der Waals surface area contributed by atoms with E-state index in [4.69, 9.17) is 5.11 Å². The number of Topliss-reactive ketones (excluding diaryl/α,β-unsaturated/α-hetero) is 2. The molecule has 12 heavy (non-hydrogen) atoms. The van der Waals surface area contributed by atoms with Gasteiger partial charge in [-0.3, -0.25) is 9.59 Å². The number of ketones is 2. The van der Waals surface area contributed by atoms with Gasteiger partial charge in [0.05, 0.1) is 0 Å². The van der Waals surface area contributed by atoms with Crippen LogP contribution < -0.4 is 0 Å². The first-order valence-electron chi connectivity index (χ1n) is 4.08. The largest absolute Gasteiger partial charge is 0.396 e. The summed E-state index contributed by atoms with van der Waals surface area (Å²) in [5, 5.41) is 8.44. The van der Waals surface area contributed by atoms with Crippen LogP contribution in [0.25, 0.3) is 0 Å². The lowest BCUT2D eigenvalue weighted by Crippen LogP contribution is -2.28. The fraction of sp³-hybridized carbons (Fsp3) is 0.778. The predicted octanol–water partition coefficient (Wildman–Crippen LogP) is 0.943. The zero-order chi connectivity index (χ0) is 9.78. The average Bonchev–Trinajstić information content (AvgIpc) is 1.97. The number of carbonyl (C=O) groups is 2. The van der Waals surface area contributed by atoms with Crippen LogP contribution >= 0.6 is 0 Å². The third-order valence-electron chi connectivity index (χ3n) is 1.50. The van der Waals surface area contributed by atoms with Gasteiger partial charge in [-0.15, -0.1) is 0 Å². The summed E-state index contributed by atoms with van der Waals surface area (Å²) in [5.74, 6) is -0.729. The second-order valence-electron chi connectivity index (χ2n) is 3.83. The summed E-state index contributed by atoms with van der Waals surface area (Å²) in [6.07, 6.45) is 0.535. The van der Waals surface area contributed by atoms with E-state index >= 15 is 0 Å². The molecule has 0 heterocycles. The molecule has 0 aliphatic carbocycles. The van der Waals surface area contributed by atoms with E-state index in [9.17, 15) is 9.59 Å². The van der Waals surface area contributed by atoms with Crippen LogP contribution in [0.4, 0.5) is 0 Å². The second-order valence-corrected chi connectivity index (χ2v) is 3.83. The standard InChI is InChI=1S/C9H16O3/c1-9(2,3)8(12)7(11)5-4-6-10/h10H,4-6H2,1-3H3. The molecular formula is C9H16O3. The van der Waals surface area contributed by atoms with Crippen LogP contribution in [0.15, 0.2) is 0 Å². The van der Waals surface area contributed by atoms with Gasteiger partial charge in [0.25, 0.3) is 0 Å². The average molecular weight is 172 g/mol. The van der Waals surface area contributed by atoms with E-state index < -0.39 is 5.41 Å². The molecule has 0 saturated carbocycles. The minimum atomic E-state index is -0.591. The smallest absolute Gasteiger partial charge is 0.203 e. The molecule has 0 aromatic rings. The van der Waals surface area contributed by atoms with Gasteiger partial charge in [-0.2, -0.15) is 0 Å². The summed E-state index contributed by atoms with van der Waals surface area (Å²) in [4.78, 5) is 22.3. The zero-order valence-electron chi connectivity index (χ0n) is 7.89. The number of rotatable bonds is 4. The first-order chi connectivity index (χ1) is 5.39. The maximum Gasteiger partial charge on any atom is 0.203 e. The van der Waals surface area contributed by atoms with Crippen LogP contribution in [0.1, 0.15) is 33.6 Å². The van der Waals surface area contributed by atoms with Crippen LogP contribution in [-0.4, -0.2) is 23.3 Å². The Labute approximate surface area is 72.8 Å². The SMILES string of the molecule is CC(C)(C)C(=O)C(=O)CCCO. The highest BCUT2D eigenvalue weighted by Crippen LogP contribution is 2.16. The Bertz CT molecular complexity index is 177. The number of hydrogen-bond donors (Lipinski definition) is 1. The highest BCUT2D eigenvalue weighted by Gasteiger charge is 2.26. The van der Waals surface area contributed by atoms with Gasteiger partial charge in [-0.25, -0.2) is 0 Å². The Morgan fingerprint density at radius 3 is 2.08 bits per heavy atom. The van der Waals surface area contributed by atoms with E-state index in [2.05, 4.69) is 0 Å². The number of hydrogen-bond acceptors (Lipinski definition) is 3. The van der Waals surface area contributed by atoms with Crippen molar-refractivity contribution in [3.05, 3.63) is 0 Å². The molecule has 1 N–H and O–H groups in total. The molecule has 0 atom stereocenters. The summed E-state index contributed by atoms with van der Waals surface area (Å²) in [6, 6.07) is 0. The first kappa shape index (κ1) is 11.3. The zero-order valence-corrected chi connectivity index (χ0v) is 7.89. The second kappa shape index (κ2) is 4.36. The third-order valence-corrected chi connectivity index (χ3v) is 1.50. The summed E-state index contributed by atoms with van der Waals surface area (Å²) in [7, 11) is 0. The van der Waals surface area contributed by atoms with E-state index in [-0.39, 0.29) is 24.6 Å². The van der Waals surface area contributed by atoms with E-state index in [0.717, 1.165) is 0 Å². The van der Waals surface area contributed by atoms with E-state index in [1.54, 1.807) is 20.8 Å². The fourth-order valence-electron chi connectivity index (χ4n) is 0.771. The quantitative estimate of drug-likeness (QED) is 0.642. The molecular weight excluding hydrogens is 156 g/mol. The maximum atomic E-state index is 11.2. The van der Waals surface area contributed by atoms with Gasteiger partial charge in [0, 0.05) is 18.4 Å². The van der Waals surface area contributed by atoms with Crippen LogP contribution in [0.3, 0.4) is 0 Å². The summed E-state index contributed by atoms with van der Waals surface area (Å²) < 4.78 is 0. The van der Waals surface area contributed by atoms with Gasteiger partial charge in [0.2, 0.25) is 5.78 Å². The topological polar surface area (TPSA) is 54.4 Å². The monoisotopic (exact) mass is 172 g/mol. The molecule has 0 radical (unpaired) electrons. The molecule has 0 aromatic heterocycles. The van der Waals surface area contributed by atoms with E-state index in [1.165, 1.54) is 0 Å². The molecule has 0 aliphatic rings. The highest BCUT2D eigenvalue weighted by atomic mass is 16.3. The summed E-state index contributed by atoms with van der Waals surface area (Å²) >= 11 is 0. The third kappa shape index (κ3) is 3.62. The first-order valence-corrected chi connectivity index (χ1v) is 4.08. The van der Waals surface area contributed by atoms with E-state index in [0.29, 0.717) is 6.42 Å². The molecule has 0 saturated heterocycles. The van der Waals surface area contributed by atoms with Crippen molar-refractivity contribution in [1.82, 2.24) is 0 Å². The van der Waals surface area contributed by atoms with Crippen LogP contribution in [0.2, 0.25) is 0 Å². The number of aliphatic hydroxyl groups is 1. The van der Waals surface area contributed by atoms with Crippen LogP contribution in [-0.2, 0) is 9.59 Å². The predicted molar refractivity (Wildman–Crippen MR) is 45.8 cm³/mol. The normalized spacial score (nSPS) is 11.3. The number of carbonyl (C=O) groups excluding carboxylic acids is 2. The minimum Gasteiger partial charge on any atom is -0.396 e. The van der Waals surface area contributed by atoms with Gasteiger partial charge in [0.1, 0.15) is 0 Å². The molecule has 3 heteroatoms. The molecule has 0 unspecified atom stereocenters. The number of aliphatic hydroxyl groups excluding tert-OH is 1. The van der Waals surface area contributed by atoms with Crippen molar-refractivity contribution in [3.63, 3.8) is 0 Å². The van der Waals surface area contributed by atoms with E-state index in [1.807, 2.05) is 0 Å². The molecule has 0 aliphatic heterocycles. The fourth-order valence-corrected chi connectivity index (χ4v) is 0.771. The van der Waals surface area contributed by atoms with Gasteiger partial charge in [-0.05, 0) is 6.42 Å². The Kier molecular flexibility index (Phi) is 4.10. The molecule has 70 valence electrons. The summed E-state index contributed by atoms with van der Waals surface area (Å²) in [6.45, 7) is 5.10. The maximum absolute atomic E-state index is 11.2. The Balaban J connectivity index is 4.04. The van der Waals surface area contributed by atoms with Crippen molar-refractivity contribution in [3.8, 4) is 0 Å².